The normalized spacial score (nSPS) is 17.9. The number of hydrogen-bond acceptors (Lipinski definition) is 4. The van der Waals surface area contributed by atoms with Crippen LogP contribution in [-0.4, -0.2) is 24.8 Å². The Morgan fingerprint density at radius 1 is 1.00 bits per heavy atom. The smallest absolute Gasteiger partial charge is 0.416 e. The quantitative estimate of drug-likeness (QED) is 0.628. The highest BCUT2D eigenvalue weighted by atomic mass is 19.4. The van der Waals surface area contributed by atoms with Crippen LogP contribution in [-0.2, 0) is 17.3 Å². The third-order valence-electron chi connectivity index (χ3n) is 4.66. The number of ether oxygens (including phenoxy) is 1. The number of hydrogen-bond donors (Lipinski definition) is 2. The van der Waals surface area contributed by atoms with Gasteiger partial charge in [0, 0.05) is 5.69 Å². The molecule has 0 radical (unpaired) electrons. The number of nitrogens with zero attached hydrogens (tertiary/aromatic N) is 1. The molecule has 1 unspecified atom stereocenters. The van der Waals surface area contributed by atoms with Crippen molar-refractivity contribution in [3.8, 4) is 0 Å². The Morgan fingerprint density at radius 3 is 2.13 bits per heavy atom. The molecule has 1 heterocycles. The second-order valence-electron chi connectivity index (χ2n) is 6.91. The van der Waals surface area contributed by atoms with Crippen molar-refractivity contribution in [2.45, 2.75) is 37.3 Å². The number of amidine groups is 1. The lowest BCUT2D eigenvalue weighted by molar-refractivity contribution is -0.144. The number of nitrogens with one attached hydrogen (secondary N) is 1. The largest absolute Gasteiger partial charge is 0.463 e. The summed E-state index contributed by atoms with van der Waals surface area (Å²) >= 11 is 0. The maximum Gasteiger partial charge on any atom is 0.416 e. The topological polar surface area (TPSA) is 59.6 Å². The van der Waals surface area contributed by atoms with Gasteiger partial charge in [-0.3, -0.25) is 0 Å². The molecule has 1 aliphatic rings. The van der Waals surface area contributed by atoms with Crippen LogP contribution in [0.3, 0.4) is 0 Å². The van der Waals surface area contributed by atoms with Gasteiger partial charge in [-0.2, -0.15) is 26.3 Å². The average Bonchev–Trinajstić information content (AvgIpc) is 3.09. The summed E-state index contributed by atoms with van der Waals surface area (Å²) in [6, 6.07) is 7.29. The highest BCUT2D eigenvalue weighted by molar-refractivity contribution is 5.73. The summed E-state index contributed by atoms with van der Waals surface area (Å²) in [7, 11) is 0. The van der Waals surface area contributed by atoms with Crippen LogP contribution in [0, 0.1) is 0 Å². The third kappa shape index (κ3) is 5.58. The maximum absolute atomic E-state index is 13.5. The lowest BCUT2D eigenvalue weighted by Crippen LogP contribution is -2.28. The van der Waals surface area contributed by atoms with Crippen LogP contribution >= 0.6 is 0 Å². The van der Waals surface area contributed by atoms with E-state index in [4.69, 9.17) is 10.5 Å². The highest BCUT2D eigenvalue weighted by Gasteiger charge is 2.41. The van der Waals surface area contributed by atoms with E-state index in [0.717, 1.165) is 17.7 Å². The molecule has 0 fully saturated rings. The molecule has 1 aliphatic heterocycles. The zero-order valence-electron chi connectivity index (χ0n) is 15.6. The average molecular weight is 431 g/mol. The lowest BCUT2D eigenvalue weighted by Gasteiger charge is -2.23. The molecular formula is C20H19F6N3O. The van der Waals surface area contributed by atoms with Crippen LogP contribution in [0.2, 0.25) is 0 Å². The van der Waals surface area contributed by atoms with E-state index in [1.54, 1.807) is 12.1 Å². The molecule has 30 heavy (non-hydrogen) atoms. The molecule has 2 aromatic rings. The molecule has 0 saturated carbocycles. The Balaban J connectivity index is 1.68. The molecule has 162 valence electrons. The molecule has 0 bridgehead atoms. The summed E-state index contributed by atoms with van der Waals surface area (Å²) in [5, 5.41) is 2.36. The maximum atomic E-state index is 13.5. The number of rotatable bonds is 6. The van der Waals surface area contributed by atoms with E-state index >= 15 is 0 Å². The van der Waals surface area contributed by atoms with Gasteiger partial charge in [0.2, 0.25) is 0 Å². The van der Waals surface area contributed by atoms with Crippen LogP contribution in [0.15, 0.2) is 53.5 Å². The number of alkyl halides is 6. The van der Waals surface area contributed by atoms with Crippen molar-refractivity contribution in [3.05, 3.63) is 65.2 Å². The Labute approximate surface area is 168 Å². The first-order valence-electron chi connectivity index (χ1n) is 9.08. The van der Waals surface area contributed by atoms with Crippen molar-refractivity contribution in [1.29, 1.82) is 0 Å². The molecule has 4 nitrogen and oxygen atoms in total. The predicted octanol–water partition coefficient (Wildman–Crippen LogP) is 5.07. The van der Waals surface area contributed by atoms with Gasteiger partial charge in [-0.15, -0.1) is 0 Å². The van der Waals surface area contributed by atoms with Gasteiger partial charge in [0.25, 0.3) is 6.02 Å². The Bertz CT molecular complexity index is 875. The van der Waals surface area contributed by atoms with E-state index in [1.807, 2.05) is 0 Å². The summed E-state index contributed by atoms with van der Waals surface area (Å²) in [4.78, 5) is 4.11. The molecule has 0 saturated heterocycles. The summed E-state index contributed by atoms with van der Waals surface area (Å²) in [5.74, 6) is 0. The van der Waals surface area contributed by atoms with Gasteiger partial charge in [-0.05, 0) is 48.2 Å². The van der Waals surface area contributed by atoms with Crippen molar-refractivity contribution in [1.82, 2.24) is 0 Å². The number of nitrogens with two attached hydrogens (primary N) is 1. The standard InChI is InChI=1S/C20H19F6N3O/c21-19(22,23)14-6-4-13(5-7-14)17(20(24,25)26)28-15-8-1-12(2-9-15)3-10-16-11-30-18(27)29-16/h1-2,4-9,16-17,28H,3,10-11H2,(H2,27,29)/t16-,17?/m0/s1. The SMILES string of the molecule is NC1=N[C@@H](CCc2ccc(NC(c3ccc(C(F)(F)F)cc3)C(F)(F)F)cc2)CO1. The lowest BCUT2D eigenvalue weighted by atomic mass is 10.0. The molecule has 10 heteroatoms. The van der Waals surface area contributed by atoms with Gasteiger partial charge >= 0.3 is 12.4 Å². The van der Waals surface area contributed by atoms with E-state index < -0.39 is 24.0 Å². The van der Waals surface area contributed by atoms with Crippen LogP contribution in [0.5, 0.6) is 0 Å². The summed E-state index contributed by atoms with van der Waals surface area (Å²) < 4.78 is 83.6. The fourth-order valence-corrected chi connectivity index (χ4v) is 3.07. The molecule has 0 aliphatic carbocycles. The van der Waals surface area contributed by atoms with E-state index in [1.165, 1.54) is 12.1 Å². The number of halogens is 6. The summed E-state index contributed by atoms with van der Waals surface area (Å²) in [5.41, 5.74) is 5.23. The van der Waals surface area contributed by atoms with Gasteiger partial charge in [0.1, 0.15) is 12.6 Å². The fraction of sp³-hybridized carbons (Fsp3) is 0.350. The molecular weight excluding hydrogens is 412 g/mol. The van der Waals surface area contributed by atoms with Gasteiger partial charge in [0.05, 0.1) is 11.6 Å². The summed E-state index contributed by atoms with van der Waals surface area (Å²) in [6.07, 6.45) is -7.98. The Kier molecular flexibility index (Phi) is 6.14. The number of anilines is 1. The van der Waals surface area contributed by atoms with Gasteiger partial charge in [0.15, 0.2) is 0 Å². The zero-order valence-corrected chi connectivity index (χ0v) is 15.6. The number of aliphatic imine (C=N–C) groups is 1. The van der Waals surface area contributed by atoms with Gasteiger partial charge < -0.3 is 15.8 Å². The molecule has 0 spiro atoms. The first-order chi connectivity index (χ1) is 14.0. The van der Waals surface area contributed by atoms with Crippen LogP contribution < -0.4 is 11.1 Å². The minimum Gasteiger partial charge on any atom is -0.463 e. The van der Waals surface area contributed by atoms with Crippen molar-refractivity contribution in [3.63, 3.8) is 0 Å². The second kappa shape index (κ2) is 8.45. The van der Waals surface area contributed by atoms with E-state index in [-0.39, 0.29) is 23.3 Å². The minimum atomic E-state index is -4.70. The minimum absolute atomic E-state index is 0.0444. The number of aryl methyl sites for hydroxylation is 1. The molecule has 3 rings (SSSR count). The molecule has 2 atom stereocenters. The Hall–Kier alpha value is -2.91. The molecule has 0 amide bonds. The van der Waals surface area contributed by atoms with Crippen molar-refractivity contribution in [2.75, 3.05) is 11.9 Å². The van der Waals surface area contributed by atoms with Gasteiger partial charge in [-0.1, -0.05) is 24.3 Å². The van der Waals surface area contributed by atoms with Crippen molar-refractivity contribution in [2.24, 2.45) is 10.7 Å². The third-order valence-corrected chi connectivity index (χ3v) is 4.66. The van der Waals surface area contributed by atoms with Crippen molar-refractivity contribution >= 4 is 11.7 Å². The van der Waals surface area contributed by atoms with Crippen molar-refractivity contribution < 1.29 is 31.1 Å². The molecule has 2 aromatic carbocycles. The first-order valence-corrected chi connectivity index (χ1v) is 9.08. The summed E-state index contributed by atoms with van der Waals surface area (Å²) in [6.45, 7) is 0.409. The Morgan fingerprint density at radius 2 is 1.63 bits per heavy atom. The van der Waals surface area contributed by atoms with E-state index in [2.05, 4.69) is 10.3 Å². The first kappa shape index (κ1) is 21.8. The predicted molar refractivity (Wildman–Crippen MR) is 100.0 cm³/mol. The number of benzene rings is 2. The van der Waals surface area contributed by atoms with Crippen LogP contribution in [0.4, 0.5) is 32.0 Å². The van der Waals surface area contributed by atoms with E-state index in [9.17, 15) is 26.3 Å². The highest BCUT2D eigenvalue weighted by Crippen LogP contribution is 2.37. The fourth-order valence-electron chi connectivity index (χ4n) is 3.07. The second-order valence-corrected chi connectivity index (χ2v) is 6.91. The molecule has 3 N–H and O–H groups in total. The zero-order chi connectivity index (χ0) is 21.9. The van der Waals surface area contributed by atoms with Crippen LogP contribution in [0.25, 0.3) is 0 Å². The van der Waals surface area contributed by atoms with E-state index in [0.29, 0.717) is 31.6 Å². The molecule has 0 aromatic heterocycles. The van der Waals surface area contributed by atoms with Gasteiger partial charge in [-0.25, -0.2) is 4.99 Å². The van der Waals surface area contributed by atoms with Crippen LogP contribution in [0.1, 0.15) is 29.2 Å². The monoisotopic (exact) mass is 431 g/mol.